The van der Waals surface area contributed by atoms with Gasteiger partial charge in [-0.1, -0.05) is 0 Å². The first-order valence-electron chi connectivity index (χ1n) is 7.73. The average Bonchev–Trinajstić information content (AvgIpc) is 2.97. The van der Waals surface area contributed by atoms with Gasteiger partial charge in [-0.25, -0.2) is 19.2 Å². The third kappa shape index (κ3) is 3.54. The fourth-order valence-electron chi connectivity index (χ4n) is 2.54. The van der Waals surface area contributed by atoms with E-state index in [2.05, 4.69) is 10.5 Å². The van der Waals surface area contributed by atoms with Gasteiger partial charge in [0, 0.05) is 26.4 Å². The lowest BCUT2D eigenvalue weighted by Gasteiger charge is -2.27. The number of ether oxygens (including phenoxy) is 3. The maximum atomic E-state index is 12.3. The van der Waals surface area contributed by atoms with Crippen molar-refractivity contribution in [3.8, 4) is 0 Å². The van der Waals surface area contributed by atoms with Gasteiger partial charge in [0.15, 0.2) is 24.3 Å². The third-order valence-electron chi connectivity index (χ3n) is 3.83. The Morgan fingerprint density at radius 2 is 1.96 bits per heavy atom. The molecule has 0 bridgehead atoms. The molecule has 13 nitrogen and oxygen atoms in total. The number of hydrogen-bond acceptors (Lipinski definition) is 11. The first-order chi connectivity index (χ1) is 12.8. The van der Waals surface area contributed by atoms with Crippen LogP contribution in [0.25, 0.3) is 0 Å². The number of nitrogens with zero attached hydrogens (tertiary/aromatic N) is 3. The van der Waals surface area contributed by atoms with E-state index in [0.29, 0.717) is 0 Å². The first-order valence-corrected chi connectivity index (χ1v) is 7.73. The third-order valence-corrected chi connectivity index (χ3v) is 3.83. The molecule has 0 aliphatic carbocycles. The number of anilines is 1. The van der Waals surface area contributed by atoms with Gasteiger partial charge in [0.1, 0.15) is 6.10 Å². The summed E-state index contributed by atoms with van der Waals surface area (Å²) >= 11 is 0. The number of carbonyl (C=O) groups is 3. The second kappa shape index (κ2) is 7.20. The molecule has 2 N–H and O–H groups in total. The quantitative estimate of drug-likeness (QED) is 0.256. The molecule has 4 atom stereocenters. The van der Waals surface area contributed by atoms with Crippen LogP contribution in [-0.4, -0.2) is 76.6 Å². The number of fused-ring (bicyclic) bond motifs is 1. The number of amides is 1. The Morgan fingerprint density at radius 3 is 2.56 bits per heavy atom. The Bertz CT molecular complexity index is 823. The molecule has 1 amide bonds. The van der Waals surface area contributed by atoms with E-state index in [9.17, 15) is 24.3 Å². The summed E-state index contributed by atoms with van der Waals surface area (Å²) in [7, 11) is 2.94. The van der Waals surface area contributed by atoms with Crippen LogP contribution >= 0.6 is 0 Å². The molecule has 0 aromatic carbocycles. The normalized spacial score (nSPS) is 26.6. The summed E-state index contributed by atoms with van der Waals surface area (Å²) < 4.78 is 16.4. The summed E-state index contributed by atoms with van der Waals surface area (Å²) in [6.45, 7) is -0.523. The Morgan fingerprint density at radius 1 is 1.30 bits per heavy atom. The van der Waals surface area contributed by atoms with Gasteiger partial charge in [0.2, 0.25) is 0 Å². The maximum Gasteiger partial charge on any atom is 0.433 e. The Hall–Kier alpha value is -3.19. The Balaban J connectivity index is 1.79. The van der Waals surface area contributed by atoms with Crippen LogP contribution < -0.4 is 11.2 Å². The van der Waals surface area contributed by atoms with Gasteiger partial charge in [-0.15, -0.1) is 0 Å². The van der Waals surface area contributed by atoms with Crippen molar-refractivity contribution < 1.29 is 38.5 Å². The SMILES string of the molecule is CN(C)C(=O)ONc1ccn([C@@H]2O[C@H](CO)[C@H]3OC(=O)C(=O)O[C@H]32)c(=O)n1. The van der Waals surface area contributed by atoms with Gasteiger partial charge < -0.3 is 29.1 Å². The van der Waals surface area contributed by atoms with Gasteiger partial charge >= 0.3 is 23.7 Å². The lowest BCUT2D eigenvalue weighted by Crippen LogP contribution is -2.48. The summed E-state index contributed by atoms with van der Waals surface area (Å²) in [5.74, 6) is -2.48. The van der Waals surface area contributed by atoms with Crippen molar-refractivity contribution in [1.82, 2.24) is 14.5 Å². The van der Waals surface area contributed by atoms with E-state index < -0.39 is 54.9 Å². The van der Waals surface area contributed by atoms with Crippen LogP contribution in [0.2, 0.25) is 0 Å². The molecule has 0 radical (unpaired) electrons. The molecule has 0 saturated carbocycles. The summed E-state index contributed by atoms with van der Waals surface area (Å²) in [6.07, 6.45) is -3.78. The summed E-state index contributed by atoms with van der Waals surface area (Å²) in [6, 6.07) is 1.31. The number of aliphatic hydroxyl groups is 1. The lowest BCUT2D eigenvalue weighted by molar-refractivity contribution is -0.195. The van der Waals surface area contributed by atoms with Crippen LogP contribution in [-0.2, 0) is 28.6 Å². The lowest BCUT2D eigenvalue weighted by atomic mass is 10.1. The Kier molecular flexibility index (Phi) is 4.96. The molecule has 2 saturated heterocycles. The smallest absolute Gasteiger partial charge is 0.433 e. The standard InChI is InChI=1S/C14H16N4O9/c1-17(2)14(23)27-16-7-3-4-18(13(22)15-7)10-9-8(6(5-19)24-10)25-11(20)12(21)26-9/h3-4,6,8-10,19H,5H2,1-2H3,(H,15,16,22)/t6-,8-,9-,10-/m1/s1. The summed E-state index contributed by atoms with van der Waals surface area (Å²) in [4.78, 5) is 56.0. The van der Waals surface area contributed by atoms with Crippen LogP contribution in [0.3, 0.4) is 0 Å². The van der Waals surface area contributed by atoms with Crippen molar-refractivity contribution in [3.63, 3.8) is 0 Å². The van der Waals surface area contributed by atoms with Gasteiger partial charge in [-0.3, -0.25) is 4.57 Å². The van der Waals surface area contributed by atoms with Crippen LogP contribution in [0.4, 0.5) is 10.6 Å². The second-order valence-corrected chi connectivity index (χ2v) is 5.85. The molecule has 2 aliphatic heterocycles. The zero-order valence-electron chi connectivity index (χ0n) is 14.2. The highest BCUT2D eigenvalue weighted by Gasteiger charge is 2.54. The van der Waals surface area contributed by atoms with Crippen LogP contribution in [0.15, 0.2) is 17.1 Å². The molecule has 0 spiro atoms. The average molecular weight is 384 g/mol. The molecule has 3 heterocycles. The van der Waals surface area contributed by atoms with Gasteiger partial charge in [-0.2, -0.15) is 10.5 Å². The van der Waals surface area contributed by atoms with Crippen molar-refractivity contribution in [2.45, 2.75) is 24.5 Å². The van der Waals surface area contributed by atoms with E-state index in [1.54, 1.807) is 0 Å². The number of esters is 2. The molecule has 27 heavy (non-hydrogen) atoms. The van der Waals surface area contributed by atoms with E-state index in [-0.39, 0.29) is 5.82 Å². The van der Waals surface area contributed by atoms with Gasteiger partial charge in [0.25, 0.3) is 0 Å². The van der Waals surface area contributed by atoms with Crippen molar-refractivity contribution in [2.24, 2.45) is 0 Å². The molecule has 0 unspecified atom stereocenters. The van der Waals surface area contributed by atoms with E-state index >= 15 is 0 Å². The fraction of sp³-hybridized carbons (Fsp3) is 0.500. The Labute approximate surface area is 151 Å². The number of aliphatic hydroxyl groups excluding tert-OH is 1. The number of hydrogen-bond donors (Lipinski definition) is 2. The monoisotopic (exact) mass is 384 g/mol. The number of rotatable bonds is 4. The molecule has 2 aliphatic rings. The van der Waals surface area contributed by atoms with Crippen molar-refractivity contribution in [2.75, 3.05) is 26.2 Å². The number of nitrogens with one attached hydrogen (secondary N) is 1. The molecular weight excluding hydrogens is 368 g/mol. The summed E-state index contributed by atoms with van der Waals surface area (Å²) in [5, 5.41) is 9.38. The molecule has 13 heteroatoms. The first kappa shape index (κ1) is 18.6. The van der Waals surface area contributed by atoms with Crippen LogP contribution in [0.5, 0.6) is 0 Å². The van der Waals surface area contributed by atoms with E-state index in [1.807, 2.05) is 0 Å². The molecular formula is C14H16N4O9. The van der Waals surface area contributed by atoms with Crippen molar-refractivity contribution >= 4 is 23.8 Å². The molecule has 1 aromatic heterocycles. The minimum atomic E-state index is -1.22. The fourth-order valence-corrected chi connectivity index (χ4v) is 2.54. The molecule has 146 valence electrons. The van der Waals surface area contributed by atoms with Gasteiger partial charge in [-0.05, 0) is 0 Å². The molecule has 2 fully saturated rings. The molecule has 1 aromatic rings. The van der Waals surface area contributed by atoms with Crippen molar-refractivity contribution in [3.05, 3.63) is 22.7 Å². The zero-order chi connectivity index (χ0) is 19.7. The highest BCUT2D eigenvalue weighted by molar-refractivity contribution is 6.30. The molecule has 3 rings (SSSR count). The highest BCUT2D eigenvalue weighted by atomic mass is 16.7. The minimum Gasteiger partial charge on any atom is -0.447 e. The number of aromatic nitrogens is 2. The van der Waals surface area contributed by atoms with Crippen LogP contribution in [0.1, 0.15) is 6.23 Å². The zero-order valence-corrected chi connectivity index (χ0v) is 14.2. The largest absolute Gasteiger partial charge is 0.447 e. The summed E-state index contributed by atoms with van der Waals surface area (Å²) in [5.41, 5.74) is 1.40. The predicted octanol–water partition coefficient (Wildman–Crippen LogP) is -2.00. The van der Waals surface area contributed by atoms with E-state index in [1.165, 1.54) is 26.4 Å². The van der Waals surface area contributed by atoms with E-state index in [4.69, 9.17) is 19.0 Å². The topological polar surface area (TPSA) is 159 Å². The van der Waals surface area contributed by atoms with Crippen molar-refractivity contribution in [1.29, 1.82) is 0 Å². The van der Waals surface area contributed by atoms with Crippen LogP contribution in [0, 0.1) is 0 Å². The maximum absolute atomic E-state index is 12.3. The van der Waals surface area contributed by atoms with Gasteiger partial charge in [0.05, 0.1) is 6.61 Å². The predicted molar refractivity (Wildman–Crippen MR) is 83.0 cm³/mol. The van der Waals surface area contributed by atoms with E-state index in [0.717, 1.165) is 9.47 Å². The highest BCUT2D eigenvalue weighted by Crippen LogP contribution is 2.35. The second-order valence-electron chi connectivity index (χ2n) is 5.85. The minimum absolute atomic E-state index is 0.0493. The number of carbonyl (C=O) groups excluding carboxylic acids is 3.